The van der Waals surface area contributed by atoms with Crippen molar-refractivity contribution in [1.82, 2.24) is 34.3 Å². The normalized spacial score (nSPS) is 17.7. The van der Waals surface area contributed by atoms with Crippen LogP contribution in [0.1, 0.15) is 30.2 Å². The summed E-state index contributed by atoms with van der Waals surface area (Å²) in [7, 11) is 2.20. The van der Waals surface area contributed by atoms with Gasteiger partial charge >= 0.3 is 0 Å². The van der Waals surface area contributed by atoms with Crippen LogP contribution in [0.3, 0.4) is 0 Å². The molecule has 0 unspecified atom stereocenters. The minimum absolute atomic E-state index is 0.533. The first-order chi connectivity index (χ1) is 12.7. The van der Waals surface area contributed by atoms with Crippen LogP contribution in [-0.2, 0) is 19.5 Å². The topological polar surface area (TPSA) is 67.4 Å². The predicted molar refractivity (Wildman–Crippen MR) is 98.2 cm³/mol. The van der Waals surface area contributed by atoms with E-state index in [1.807, 2.05) is 23.6 Å². The fraction of sp³-hybridized carbons (Fsp3) is 0.556. The van der Waals surface area contributed by atoms with Crippen molar-refractivity contribution in [3.63, 3.8) is 0 Å². The summed E-state index contributed by atoms with van der Waals surface area (Å²) in [5, 5.41) is 12.8. The molecule has 1 saturated heterocycles. The van der Waals surface area contributed by atoms with Gasteiger partial charge in [-0.25, -0.2) is 4.98 Å². The van der Waals surface area contributed by atoms with Crippen molar-refractivity contribution in [2.45, 2.75) is 45.3 Å². The van der Waals surface area contributed by atoms with Crippen molar-refractivity contribution in [2.24, 2.45) is 0 Å². The molecule has 2 aliphatic rings. The van der Waals surface area contributed by atoms with Gasteiger partial charge in [0.1, 0.15) is 11.6 Å². The number of fused-ring (bicyclic) bond motifs is 2. The molecule has 0 bridgehead atoms. The summed E-state index contributed by atoms with van der Waals surface area (Å²) in [4.78, 5) is 9.40. The first-order valence-electron chi connectivity index (χ1n) is 9.36. The molecule has 3 aromatic heterocycles. The van der Waals surface area contributed by atoms with Crippen molar-refractivity contribution >= 4 is 11.5 Å². The van der Waals surface area contributed by atoms with Crippen molar-refractivity contribution in [3.05, 3.63) is 35.7 Å². The summed E-state index contributed by atoms with van der Waals surface area (Å²) >= 11 is 0. The zero-order valence-corrected chi connectivity index (χ0v) is 15.3. The third-order valence-corrected chi connectivity index (χ3v) is 5.69. The van der Waals surface area contributed by atoms with Crippen LogP contribution >= 0.6 is 0 Å². The average Bonchev–Trinajstić information content (AvgIpc) is 3.18. The Morgan fingerprint density at radius 3 is 2.96 bits per heavy atom. The summed E-state index contributed by atoms with van der Waals surface area (Å²) in [5.41, 5.74) is 2.20. The van der Waals surface area contributed by atoms with Crippen molar-refractivity contribution in [2.75, 3.05) is 25.0 Å². The largest absolute Gasteiger partial charge is 0.352 e. The molecule has 3 aromatic rings. The number of hydrogen-bond acceptors (Lipinski definition) is 6. The van der Waals surface area contributed by atoms with E-state index < -0.39 is 0 Å². The SMILES string of the molecule is Cc1nnc2ccc(N3CC(N(C)Cc4ncc5n4CCCC5)C3)nn12. The van der Waals surface area contributed by atoms with E-state index in [0.717, 1.165) is 43.5 Å². The molecule has 5 heterocycles. The minimum Gasteiger partial charge on any atom is -0.352 e. The molecular formula is C18H24N8. The van der Waals surface area contributed by atoms with Gasteiger partial charge in [0, 0.05) is 37.6 Å². The van der Waals surface area contributed by atoms with E-state index in [2.05, 4.69) is 47.9 Å². The predicted octanol–water partition coefficient (Wildman–Crippen LogP) is 1.29. The highest BCUT2D eigenvalue weighted by molar-refractivity contribution is 5.47. The molecular weight excluding hydrogens is 328 g/mol. The Bertz CT molecular complexity index is 936. The van der Waals surface area contributed by atoms with E-state index in [0.29, 0.717) is 6.04 Å². The van der Waals surface area contributed by atoms with Gasteiger partial charge < -0.3 is 9.47 Å². The van der Waals surface area contributed by atoms with Crippen LogP contribution in [0.2, 0.25) is 0 Å². The maximum absolute atomic E-state index is 4.67. The molecule has 0 atom stereocenters. The lowest BCUT2D eigenvalue weighted by atomic mass is 10.1. The molecule has 0 saturated carbocycles. The fourth-order valence-corrected chi connectivity index (χ4v) is 3.96. The number of nitrogens with zero attached hydrogens (tertiary/aromatic N) is 8. The second-order valence-electron chi connectivity index (χ2n) is 7.46. The van der Waals surface area contributed by atoms with Crippen LogP contribution < -0.4 is 4.90 Å². The molecule has 0 radical (unpaired) electrons. The lowest BCUT2D eigenvalue weighted by Gasteiger charge is -2.44. The highest BCUT2D eigenvalue weighted by Crippen LogP contribution is 2.23. The van der Waals surface area contributed by atoms with Gasteiger partial charge in [-0.3, -0.25) is 4.90 Å². The Labute approximate surface area is 152 Å². The summed E-state index contributed by atoms with van der Waals surface area (Å²) in [6.07, 6.45) is 5.80. The smallest absolute Gasteiger partial charge is 0.178 e. The van der Waals surface area contributed by atoms with Gasteiger partial charge in [0.25, 0.3) is 0 Å². The fourth-order valence-electron chi connectivity index (χ4n) is 3.96. The third kappa shape index (κ3) is 2.56. The van der Waals surface area contributed by atoms with Crippen LogP contribution in [0.4, 0.5) is 5.82 Å². The monoisotopic (exact) mass is 352 g/mol. The number of imidazole rings is 1. The molecule has 26 heavy (non-hydrogen) atoms. The molecule has 136 valence electrons. The van der Waals surface area contributed by atoms with E-state index in [1.54, 1.807) is 0 Å². The van der Waals surface area contributed by atoms with E-state index in [-0.39, 0.29) is 0 Å². The highest BCUT2D eigenvalue weighted by atomic mass is 15.4. The zero-order valence-electron chi connectivity index (χ0n) is 15.3. The number of aromatic nitrogens is 6. The molecule has 0 aliphatic carbocycles. The van der Waals surface area contributed by atoms with Crippen LogP contribution in [0.25, 0.3) is 5.65 Å². The van der Waals surface area contributed by atoms with Crippen LogP contribution in [-0.4, -0.2) is 60.4 Å². The van der Waals surface area contributed by atoms with Gasteiger partial charge in [0.2, 0.25) is 0 Å². The Balaban J connectivity index is 1.24. The zero-order chi connectivity index (χ0) is 17.7. The molecule has 0 N–H and O–H groups in total. The highest BCUT2D eigenvalue weighted by Gasteiger charge is 2.32. The van der Waals surface area contributed by atoms with Crippen LogP contribution in [0.15, 0.2) is 18.3 Å². The molecule has 5 rings (SSSR count). The van der Waals surface area contributed by atoms with Crippen LogP contribution in [0.5, 0.6) is 0 Å². The second kappa shape index (κ2) is 6.05. The first kappa shape index (κ1) is 15.7. The molecule has 0 amide bonds. The number of rotatable bonds is 4. The Hall–Kier alpha value is -2.48. The van der Waals surface area contributed by atoms with Gasteiger partial charge in [0.05, 0.1) is 6.54 Å². The lowest BCUT2D eigenvalue weighted by molar-refractivity contribution is 0.189. The molecule has 2 aliphatic heterocycles. The number of hydrogen-bond donors (Lipinski definition) is 0. The Morgan fingerprint density at radius 1 is 1.19 bits per heavy atom. The van der Waals surface area contributed by atoms with Gasteiger partial charge in [0.15, 0.2) is 11.5 Å². The first-order valence-corrected chi connectivity index (χ1v) is 9.36. The number of aryl methyl sites for hydroxylation is 2. The quantitative estimate of drug-likeness (QED) is 0.705. The number of likely N-dealkylation sites (N-methyl/N-ethyl adjacent to an activating group) is 1. The van der Waals surface area contributed by atoms with Crippen molar-refractivity contribution in [1.29, 1.82) is 0 Å². The van der Waals surface area contributed by atoms with E-state index in [1.165, 1.54) is 30.8 Å². The van der Waals surface area contributed by atoms with Gasteiger partial charge in [-0.15, -0.1) is 15.3 Å². The van der Waals surface area contributed by atoms with Crippen molar-refractivity contribution < 1.29 is 0 Å². The van der Waals surface area contributed by atoms with Crippen molar-refractivity contribution in [3.8, 4) is 0 Å². The third-order valence-electron chi connectivity index (χ3n) is 5.69. The molecule has 8 heteroatoms. The maximum Gasteiger partial charge on any atom is 0.178 e. The van der Waals surface area contributed by atoms with E-state index in [9.17, 15) is 0 Å². The molecule has 0 spiro atoms. The lowest BCUT2D eigenvalue weighted by Crippen LogP contribution is -2.58. The average molecular weight is 352 g/mol. The molecule has 8 nitrogen and oxygen atoms in total. The maximum atomic E-state index is 4.67. The van der Waals surface area contributed by atoms with Gasteiger partial charge in [-0.2, -0.15) is 4.52 Å². The van der Waals surface area contributed by atoms with E-state index in [4.69, 9.17) is 0 Å². The molecule has 0 aromatic carbocycles. The molecule has 1 fully saturated rings. The summed E-state index contributed by atoms with van der Waals surface area (Å²) < 4.78 is 4.23. The standard InChI is InChI=1S/C18H24N8/c1-13-20-21-16-6-7-17(22-26(13)16)24-10-15(11-24)23(2)12-18-19-9-14-5-3-4-8-25(14)18/h6-7,9,15H,3-5,8,10-12H2,1-2H3. The number of anilines is 1. The van der Waals surface area contributed by atoms with E-state index >= 15 is 0 Å². The van der Waals surface area contributed by atoms with Gasteiger partial charge in [-0.05, 0) is 45.4 Å². The summed E-state index contributed by atoms with van der Waals surface area (Å²) in [5.74, 6) is 3.02. The summed E-state index contributed by atoms with van der Waals surface area (Å²) in [6.45, 7) is 5.94. The Morgan fingerprint density at radius 2 is 2.08 bits per heavy atom. The van der Waals surface area contributed by atoms with Crippen LogP contribution in [0, 0.1) is 6.92 Å². The van der Waals surface area contributed by atoms with Gasteiger partial charge in [-0.1, -0.05) is 0 Å². The second-order valence-corrected chi connectivity index (χ2v) is 7.46. The minimum atomic E-state index is 0.533. The Kier molecular flexibility index (Phi) is 3.66. The summed E-state index contributed by atoms with van der Waals surface area (Å²) in [6, 6.07) is 4.55.